The molecule has 0 radical (unpaired) electrons. The number of amides is 1. The molecule has 3 heterocycles. The molecule has 0 aliphatic carbocycles. The second-order valence-corrected chi connectivity index (χ2v) is 9.55. The summed E-state index contributed by atoms with van der Waals surface area (Å²) in [6.45, 7) is 5.73. The van der Waals surface area contributed by atoms with Crippen molar-refractivity contribution in [3.8, 4) is 0 Å². The van der Waals surface area contributed by atoms with Gasteiger partial charge in [-0.15, -0.1) is 12.4 Å². The van der Waals surface area contributed by atoms with E-state index in [2.05, 4.69) is 12.2 Å². The molecule has 28 heavy (non-hydrogen) atoms. The van der Waals surface area contributed by atoms with E-state index in [9.17, 15) is 13.2 Å². The monoisotopic (exact) mass is 432 g/mol. The summed E-state index contributed by atoms with van der Waals surface area (Å²) in [4.78, 5) is 15.4. The van der Waals surface area contributed by atoms with Crippen molar-refractivity contribution in [2.24, 2.45) is 7.05 Å². The van der Waals surface area contributed by atoms with Crippen LogP contribution in [0, 0.1) is 0 Å². The van der Waals surface area contributed by atoms with Crippen molar-refractivity contribution < 1.29 is 13.2 Å². The lowest BCUT2D eigenvalue weighted by atomic mass is 10.0. The molecule has 9 heteroatoms. The van der Waals surface area contributed by atoms with Crippen LogP contribution < -0.4 is 5.32 Å². The Hall–Kier alpha value is -1.09. The zero-order chi connectivity index (χ0) is 19.4. The number of halogens is 1. The van der Waals surface area contributed by atoms with E-state index in [-0.39, 0.29) is 29.3 Å². The third-order valence-corrected chi connectivity index (χ3v) is 7.49. The molecule has 7 nitrogen and oxygen atoms in total. The van der Waals surface area contributed by atoms with Crippen molar-refractivity contribution in [3.05, 3.63) is 18.0 Å². The maximum Gasteiger partial charge on any atom is 0.270 e. The normalized spacial score (nSPS) is 19.2. The van der Waals surface area contributed by atoms with Crippen LogP contribution in [0.4, 0.5) is 0 Å². The average molecular weight is 433 g/mol. The Morgan fingerprint density at radius 1 is 1.21 bits per heavy atom. The number of aryl methyl sites for hydroxylation is 1. The van der Waals surface area contributed by atoms with Gasteiger partial charge in [-0.1, -0.05) is 13.3 Å². The number of rotatable bonds is 6. The van der Waals surface area contributed by atoms with Gasteiger partial charge in [0.15, 0.2) is 0 Å². The fourth-order valence-electron chi connectivity index (χ4n) is 4.10. The van der Waals surface area contributed by atoms with Crippen molar-refractivity contribution in [2.45, 2.75) is 56.4 Å². The van der Waals surface area contributed by atoms with Gasteiger partial charge in [0.05, 0.1) is 0 Å². The Labute approximate surface area is 174 Å². The van der Waals surface area contributed by atoms with Crippen LogP contribution in [0.1, 0.15) is 55.9 Å². The van der Waals surface area contributed by atoms with Gasteiger partial charge in [0, 0.05) is 38.9 Å². The van der Waals surface area contributed by atoms with Gasteiger partial charge in [-0.3, -0.25) is 4.79 Å². The highest BCUT2D eigenvalue weighted by Crippen LogP contribution is 2.24. The Kier molecular flexibility index (Phi) is 8.36. The Bertz CT molecular complexity index is 753. The molecule has 0 bridgehead atoms. The maximum atomic E-state index is 13.2. The highest BCUT2D eigenvalue weighted by Gasteiger charge is 2.31. The minimum atomic E-state index is -3.53. The number of hydrogen-bond acceptors (Lipinski definition) is 4. The number of piperidine rings is 2. The van der Waals surface area contributed by atoms with Gasteiger partial charge in [-0.2, -0.15) is 4.31 Å². The van der Waals surface area contributed by atoms with Crippen LogP contribution in [0.5, 0.6) is 0 Å². The number of sulfonamides is 1. The van der Waals surface area contributed by atoms with Crippen molar-refractivity contribution in [2.75, 3.05) is 32.7 Å². The van der Waals surface area contributed by atoms with E-state index in [0.717, 1.165) is 51.6 Å². The molecule has 0 atom stereocenters. The van der Waals surface area contributed by atoms with Crippen LogP contribution in [-0.4, -0.2) is 66.9 Å². The molecule has 2 fully saturated rings. The van der Waals surface area contributed by atoms with Crippen LogP contribution in [-0.2, 0) is 17.1 Å². The molecule has 0 aromatic carbocycles. The van der Waals surface area contributed by atoms with Crippen LogP contribution >= 0.6 is 12.4 Å². The first-order valence-corrected chi connectivity index (χ1v) is 11.6. The van der Waals surface area contributed by atoms with Gasteiger partial charge in [0.1, 0.15) is 10.6 Å². The summed E-state index contributed by atoms with van der Waals surface area (Å²) in [6, 6.07) is 1.78. The molecule has 1 amide bonds. The highest BCUT2D eigenvalue weighted by atomic mass is 35.5. The fourth-order valence-corrected chi connectivity index (χ4v) is 5.69. The van der Waals surface area contributed by atoms with Gasteiger partial charge in [-0.05, 0) is 51.3 Å². The van der Waals surface area contributed by atoms with E-state index in [1.54, 1.807) is 28.2 Å². The maximum absolute atomic E-state index is 13.2. The van der Waals surface area contributed by atoms with Crippen molar-refractivity contribution >= 4 is 28.3 Å². The number of nitrogens with zero attached hydrogens (tertiary/aromatic N) is 3. The van der Waals surface area contributed by atoms with Crippen molar-refractivity contribution in [1.29, 1.82) is 0 Å². The van der Waals surface area contributed by atoms with E-state index in [1.807, 2.05) is 4.90 Å². The summed E-state index contributed by atoms with van der Waals surface area (Å²) >= 11 is 0. The molecule has 160 valence electrons. The summed E-state index contributed by atoms with van der Waals surface area (Å²) in [5.74, 6) is -0.0636. The van der Waals surface area contributed by atoms with Gasteiger partial charge in [-0.25, -0.2) is 8.42 Å². The third-order valence-electron chi connectivity index (χ3n) is 5.63. The smallest absolute Gasteiger partial charge is 0.270 e. The molecule has 3 rings (SSSR count). The minimum Gasteiger partial charge on any atom is -0.345 e. The predicted molar refractivity (Wildman–Crippen MR) is 112 cm³/mol. The first kappa shape index (κ1) is 23.2. The van der Waals surface area contributed by atoms with Gasteiger partial charge in [0.2, 0.25) is 10.0 Å². The Balaban J connectivity index is 0.00000280. The molecule has 2 aliphatic heterocycles. The van der Waals surface area contributed by atoms with E-state index in [1.165, 1.54) is 0 Å². The molecule has 0 unspecified atom stereocenters. The van der Waals surface area contributed by atoms with E-state index in [0.29, 0.717) is 25.3 Å². The quantitative estimate of drug-likeness (QED) is 0.747. The van der Waals surface area contributed by atoms with E-state index in [4.69, 9.17) is 0 Å². The summed E-state index contributed by atoms with van der Waals surface area (Å²) in [5.41, 5.74) is 0.456. The average Bonchev–Trinajstić information content (AvgIpc) is 3.09. The summed E-state index contributed by atoms with van der Waals surface area (Å²) in [7, 11) is -1.77. The second-order valence-electron chi connectivity index (χ2n) is 7.62. The lowest BCUT2D eigenvalue weighted by molar-refractivity contribution is 0.0633. The van der Waals surface area contributed by atoms with Crippen molar-refractivity contribution in [3.63, 3.8) is 0 Å². The minimum absolute atomic E-state index is 0. The lowest BCUT2D eigenvalue weighted by Crippen LogP contribution is -2.46. The topological polar surface area (TPSA) is 74.7 Å². The number of carbonyl (C=O) groups is 1. The number of hydrogen-bond donors (Lipinski definition) is 1. The SMILES string of the molecule is CCCN(C(=O)c1cc(S(=O)(=O)N2CCCCC2)cn1C)C1CCNCC1.Cl. The Morgan fingerprint density at radius 3 is 2.46 bits per heavy atom. The largest absolute Gasteiger partial charge is 0.345 e. The van der Waals surface area contributed by atoms with Crippen LogP contribution in [0.15, 0.2) is 17.2 Å². The molecule has 0 saturated carbocycles. The molecule has 2 aliphatic rings. The molecule has 0 spiro atoms. The third kappa shape index (κ3) is 4.90. The predicted octanol–water partition coefficient (Wildman–Crippen LogP) is 2.23. The zero-order valence-electron chi connectivity index (χ0n) is 16.9. The van der Waals surface area contributed by atoms with Crippen molar-refractivity contribution in [1.82, 2.24) is 19.1 Å². The highest BCUT2D eigenvalue weighted by molar-refractivity contribution is 7.89. The molecule has 1 N–H and O–H groups in total. The lowest BCUT2D eigenvalue weighted by Gasteiger charge is -2.34. The molecule has 1 aromatic heterocycles. The van der Waals surface area contributed by atoms with Crippen LogP contribution in [0.3, 0.4) is 0 Å². The first-order valence-electron chi connectivity index (χ1n) is 10.1. The second kappa shape index (κ2) is 10.1. The molecular weight excluding hydrogens is 400 g/mol. The van der Waals surface area contributed by atoms with Crippen LogP contribution in [0.2, 0.25) is 0 Å². The van der Waals surface area contributed by atoms with E-state index >= 15 is 0 Å². The van der Waals surface area contributed by atoms with Gasteiger partial charge in [0.25, 0.3) is 5.91 Å². The molecular formula is C19H33ClN4O3S. The van der Waals surface area contributed by atoms with Crippen LogP contribution in [0.25, 0.3) is 0 Å². The molecule has 2 saturated heterocycles. The van der Waals surface area contributed by atoms with Gasteiger partial charge >= 0.3 is 0 Å². The number of nitrogens with one attached hydrogen (secondary N) is 1. The summed E-state index contributed by atoms with van der Waals surface area (Å²) in [5, 5.41) is 3.33. The number of carbonyl (C=O) groups excluding carboxylic acids is 1. The van der Waals surface area contributed by atoms with Gasteiger partial charge < -0.3 is 14.8 Å². The summed E-state index contributed by atoms with van der Waals surface area (Å²) in [6.07, 6.45) is 7.23. The molecule has 1 aromatic rings. The fraction of sp³-hybridized carbons (Fsp3) is 0.737. The standard InChI is InChI=1S/C19H32N4O3S.ClH/c1-3-11-23(16-7-9-20-10-8-16)19(24)18-14-17(15-21(18)2)27(25,26)22-12-5-4-6-13-22;/h14-16,20H,3-13H2,1-2H3;1H. The number of aromatic nitrogens is 1. The summed E-state index contributed by atoms with van der Waals surface area (Å²) < 4.78 is 29.1. The van der Waals surface area contributed by atoms with E-state index < -0.39 is 10.0 Å². The zero-order valence-corrected chi connectivity index (χ0v) is 18.5. The first-order chi connectivity index (χ1) is 12.9. The Morgan fingerprint density at radius 2 is 1.86 bits per heavy atom.